The number of methoxy groups -OCH3 is 2. The highest BCUT2D eigenvalue weighted by molar-refractivity contribution is 7.22. The third kappa shape index (κ3) is 4.56. The van der Waals surface area contributed by atoms with E-state index in [0.29, 0.717) is 33.8 Å². The molecule has 4 aromatic rings. The number of hydrogen-bond donors (Lipinski definition) is 0. The summed E-state index contributed by atoms with van der Waals surface area (Å²) in [5, 5.41) is 1.28. The van der Waals surface area contributed by atoms with Crippen LogP contribution < -0.4 is 14.4 Å². The highest BCUT2D eigenvalue weighted by atomic mass is 35.5. The van der Waals surface area contributed by atoms with Crippen molar-refractivity contribution in [1.82, 2.24) is 14.5 Å². The molecule has 32 heavy (non-hydrogen) atoms. The minimum absolute atomic E-state index is 0.171. The third-order valence-electron chi connectivity index (χ3n) is 5.17. The van der Waals surface area contributed by atoms with Gasteiger partial charge in [0.05, 0.1) is 30.8 Å². The van der Waals surface area contributed by atoms with Crippen molar-refractivity contribution in [3.63, 3.8) is 0 Å². The Bertz CT molecular complexity index is 1220. The molecule has 166 valence electrons. The van der Waals surface area contributed by atoms with Crippen molar-refractivity contribution in [2.24, 2.45) is 0 Å². The van der Waals surface area contributed by atoms with Gasteiger partial charge in [0.1, 0.15) is 11.5 Å². The molecule has 9 heteroatoms. The molecule has 0 spiro atoms. The van der Waals surface area contributed by atoms with Gasteiger partial charge >= 0.3 is 0 Å². The van der Waals surface area contributed by atoms with Crippen LogP contribution in [0.5, 0.6) is 11.5 Å². The largest absolute Gasteiger partial charge is 0.497 e. The molecular formula is C23H23ClN4O3S. The van der Waals surface area contributed by atoms with Gasteiger partial charge in [-0.3, -0.25) is 9.69 Å². The summed E-state index contributed by atoms with van der Waals surface area (Å²) >= 11 is 7.76. The first kappa shape index (κ1) is 22.1. The van der Waals surface area contributed by atoms with Crippen LogP contribution >= 0.6 is 22.9 Å². The molecule has 0 aliphatic carbocycles. The third-order valence-corrected chi connectivity index (χ3v) is 6.62. The molecule has 2 heterocycles. The van der Waals surface area contributed by atoms with Crippen LogP contribution in [0.15, 0.2) is 49.1 Å². The van der Waals surface area contributed by atoms with E-state index in [1.165, 1.54) is 11.3 Å². The average Bonchev–Trinajstić information content (AvgIpc) is 3.48. The lowest BCUT2D eigenvalue weighted by atomic mass is 10.1. The maximum absolute atomic E-state index is 13.6. The maximum Gasteiger partial charge on any atom is 0.260 e. The van der Waals surface area contributed by atoms with Crippen LogP contribution in [0.2, 0.25) is 5.02 Å². The van der Waals surface area contributed by atoms with E-state index in [9.17, 15) is 4.79 Å². The molecule has 0 saturated carbocycles. The molecule has 0 saturated heterocycles. The van der Waals surface area contributed by atoms with E-state index in [4.69, 9.17) is 26.1 Å². The van der Waals surface area contributed by atoms with Gasteiger partial charge in [0.15, 0.2) is 5.13 Å². The number of anilines is 1. The lowest BCUT2D eigenvalue weighted by Gasteiger charge is -2.21. The molecule has 0 atom stereocenters. The average molecular weight is 471 g/mol. The van der Waals surface area contributed by atoms with Gasteiger partial charge in [0.2, 0.25) is 0 Å². The molecule has 1 amide bonds. The van der Waals surface area contributed by atoms with Gasteiger partial charge in [0.25, 0.3) is 5.91 Å². The zero-order valence-corrected chi connectivity index (χ0v) is 19.6. The number of carbonyl (C=O) groups excluding carboxylic acids is 1. The fraction of sp³-hybridized carbons (Fsp3) is 0.261. The van der Waals surface area contributed by atoms with Crippen LogP contribution in [0.4, 0.5) is 5.13 Å². The summed E-state index contributed by atoms with van der Waals surface area (Å²) in [6.45, 7) is 3.16. The van der Waals surface area contributed by atoms with Gasteiger partial charge in [0, 0.05) is 42.1 Å². The lowest BCUT2D eigenvalue weighted by molar-refractivity contribution is 0.0985. The number of aryl methyl sites for hydroxylation is 2. The fourth-order valence-electron chi connectivity index (χ4n) is 3.41. The molecule has 0 aliphatic rings. The van der Waals surface area contributed by atoms with E-state index in [0.717, 1.165) is 28.7 Å². The molecular weight excluding hydrogens is 448 g/mol. The summed E-state index contributed by atoms with van der Waals surface area (Å²) in [7, 11) is 3.12. The minimum Gasteiger partial charge on any atom is -0.497 e. The van der Waals surface area contributed by atoms with E-state index in [1.54, 1.807) is 49.8 Å². The summed E-state index contributed by atoms with van der Waals surface area (Å²) in [6.07, 6.45) is 6.15. The predicted octanol–water partition coefficient (Wildman–Crippen LogP) is 5.21. The van der Waals surface area contributed by atoms with E-state index >= 15 is 0 Å². The molecule has 7 nitrogen and oxygen atoms in total. The molecule has 0 radical (unpaired) electrons. The number of fused-ring (bicyclic) bond motifs is 1. The van der Waals surface area contributed by atoms with E-state index in [2.05, 4.69) is 4.98 Å². The topological polar surface area (TPSA) is 69.5 Å². The van der Waals surface area contributed by atoms with Crippen molar-refractivity contribution in [2.75, 3.05) is 25.7 Å². The van der Waals surface area contributed by atoms with Gasteiger partial charge in [-0.2, -0.15) is 0 Å². The Hall–Kier alpha value is -3.10. The minimum atomic E-state index is -0.171. The number of aromatic nitrogens is 3. The van der Waals surface area contributed by atoms with Crippen molar-refractivity contribution in [3.05, 3.63) is 65.2 Å². The Morgan fingerprint density at radius 2 is 1.94 bits per heavy atom. The van der Waals surface area contributed by atoms with Crippen molar-refractivity contribution in [3.8, 4) is 11.5 Å². The molecule has 0 aliphatic heterocycles. The summed E-state index contributed by atoms with van der Waals surface area (Å²) in [5.41, 5.74) is 2.19. The number of halogens is 1. The number of amides is 1. The second kappa shape index (κ2) is 9.58. The van der Waals surface area contributed by atoms with Crippen molar-refractivity contribution >= 4 is 44.2 Å². The first-order valence-electron chi connectivity index (χ1n) is 10.1. The van der Waals surface area contributed by atoms with Crippen LogP contribution in [0.25, 0.3) is 10.2 Å². The van der Waals surface area contributed by atoms with E-state index in [-0.39, 0.29) is 5.91 Å². The van der Waals surface area contributed by atoms with Gasteiger partial charge in [-0.25, -0.2) is 9.97 Å². The molecule has 2 aromatic carbocycles. The van der Waals surface area contributed by atoms with Crippen LogP contribution in [-0.4, -0.2) is 41.2 Å². The Morgan fingerprint density at radius 3 is 2.59 bits per heavy atom. The first-order valence-corrected chi connectivity index (χ1v) is 11.3. The van der Waals surface area contributed by atoms with Crippen LogP contribution in [-0.2, 0) is 6.54 Å². The SMILES string of the molecule is COc1cc(OC)cc(C(=O)N(CCCn2ccnc2)c2nc3c(C)c(Cl)ccc3s2)c1. The molecule has 0 bridgehead atoms. The van der Waals surface area contributed by atoms with E-state index < -0.39 is 0 Å². The zero-order valence-electron chi connectivity index (χ0n) is 18.0. The monoisotopic (exact) mass is 470 g/mol. The Morgan fingerprint density at radius 1 is 1.19 bits per heavy atom. The number of nitrogens with zero attached hydrogens (tertiary/aromatic N) is 4. The number of ether oxygens (including phenoxy) is 2. The van der Waals surface area contributed by atoms with E-state index in [1.807, 2.05) is 29.8 Å². The van der Waals surface area contributed by atoms with Gasteiger partial charge < -0.3 is 14.0 Å². The standard InChI is InChI=1S/C23H23ClN4O3S/c1-15-19(24)5-6-20-21(15)26-23(32-20)28(9-4-8-27-10-7-25-14-27)22(29)16-11-17(30-2)13-18(12-16)31-3/h5-7,10-14H,4,8-9H2,1-3H3. The second-order valence-corrected chi connectivity index (χ2v) is 8.64. The van der Waals surface area contributed by atoms with Gasteiger partial charge in [-0.1, -0.05) is 22.9 Å². The normalized spacial score (nSPS) is 11.0. The second-order valence-electron chi connectivity index (χ2n) is 7.23. The number of rotatable bonds is 8. The van der Waals surface area contributed by atoms with Crippen molar-refractivity contribution in [2.45, 2.75) is 19.9 Å². The Balaban J connectivity index is 1.70. The molecule has 0 fully saturated rings. The molecule has 2 aromatic heterocycles. The molecule has 4 rings (SSSR count). The summed E-state index contributed by atoms with van der Waals surface area (Å²) in [6, 6.07) is 8.96. The summed E-state index contributed by atoms with van der Waals surface area (Å²) in [5.74, 6) is 0.937. The first-order chi connectivity index (χ1) is 15.5. The molecule has 0 unspecified atom stereocenters. The lowest BCUT2D eigenvalue weighted by Crippen LogP contribution is -2.32. The Kier molecular flexibility index (Phi) is 6.62. The number of thiazole rings is 1. The summed E-state index contributed by atoms with van der Waals surface area (Å²) in [4.78, 5) is 24.2. The van der Waals surface area contributed by atoms with Crippen LogP contribution in [0, 0.1) is 6.92 Å². The number of benzene rings is 2. The molecule has 0 N–H and O–H groups in total. The highest BCUT2D eigenvalue weighted by Crippen LogP contribution is 2.35. The quantitative estimate of drug-likeness (QED) is 0.353. The number of hydrogen-bond acceptors (Lipinski definition) is 6. The summed E-state index contributed by atoms with van der Waals surface area (Å²) < 4.78 is 13.7. The van der Waals surface area contributed by atoms with Crippen LogP contribution in [0.3, 0.4) is 0 Å². The number of carbonyl (C=O) groups is 1. The fourth-order valence-corrected chi connectivity index (χ4v) is 4.61. The zero-order chi connectivity index (χ0) is 22.7. The Labute approximate surface area is 195 Å². The highest BCUT2D eigenvalue weighted by Gasteiger charge is 2.23. The van der Waals surface area contributed by atoms with Crippen LogP contribution in [0.1, 0.15) is 22.3 Å². The predicted molar refractivity (Wildman–Crippen MR) is 127 cm³/mol. The smallest absolute Gasteiger partial charge is 0.260 e. The number of imidazole rings is 1. The van der Waals surface area contributed by atoms with Gasteiger partial charge in [-0.05, 0) is 43.2 Å². The van der Waals surface area contributed by atoms with Crippen molar-refractivity contribution < 1.29 is 14.3 Å². The maximum atomic E-state index is 13.6. The van der Waals surface area contributed by atoms with Crippen molar-refractivity contribution in [1.29, 1.82) is 0 Å². The van der Waals surface area contributed by atoms with Gasteiger partial charge in [-0.15, -0.1) is 0 Å².